The van der Waals surface area contributed by atoms with Crippen molar-refractivity contribution in [2.75, 3.05) is 13.2 Å². The second-order valence-electron chi connectivity index (χ2n) is 6.66. The van der Waals surface area contributed by atoms with Gasteiger partial charge in [-0.05, 0) is 31.9 Å². The average molecular weight is 342 g/mol. The molecule has 1 aromatic carbocycles. The highest BCUT2D eigenvalue weighted by Crippen LogP contribution is 2.37. The molecule has 7 heteroatoms. The number of rotatable bonds is 6. The van der Waals surface area contributed by atoms with Gasteiger partial charge in [0.25, 0.3) is 0 Å². The van der Waals surface area contributed by atoms with Crippen LogP contribution in [0.4, 0.5) is 13.6 Å². The van der Waals surface area contributed by atoms with E-state index in [1.807, 2.05) is 6.92 Å². The lowest BCUT2D eigenvalue weighted by Gasteiger charge is -2.30. The van der Waals surface area contributed by atoms with Gasteiger partial charge in [0.05, 0.1) is 12.6 Å². The van der Waals surface area contributed by atoms with Gasteiger partial charge in [-0.1, -0.05) is 13.3 Å². The Kier molecular flexibility index (Phi) is 5.99. The summed E-state index contributed by atoms with van der Waals surface area (Å²) in [5.41, 5.74) is -0.297. The lowest BCUT2D eigenvalue weighted by atomic mass is 9.86. The third-order valence-corrected chi connectivity index (χ3v) is 4.51. The van der Waals surface area contributed by atoms with E-state index >= 15 is 0 Å². The molecule has 2 amide bonds. The Hall–Kier alpha value is -1.89. The van der Waals surface area contributed by atoms with E-state index in [9.17, 15) is 18.7 Å². The average Bonchev–Trinajstić information content (AvgIpc) is 2.88. The molecule has 1 fully saturated rings. The van der Waals surface area contributed by atoms with Gasteiger partial charge in [-0.3, -0.25) is 0 Å². The molecule has 0 bridgehead atoms. The number of nitrogens with one attached hydrogen (secondary N) is 2. The molecule has 1 aromatic rings. The molecular formula is C17H24F2N2O3. The van der Waals surface area contributed by atoms with E-state index in [1.54, 1.807) is 6.92 Å². The van der Waals surface area contributed by atoms with Crippen LogP contribution in [-0.4, -0.2) is 36.4 Å². The van der Waals surface area contributed by atoms with Crippen molar-refractivity contribution < 1.29 is 23.4 Å². The van der Waals surface area contributed by atoms with Gasteiger partial charge in [0.1, 0.15) is 12.4 Å². The van der Waals surface area contributed by atoms with Crippen molar-refractivity contribution in [3.8, 4) is 5.75 Å². The van der Waals surface area contributed by atoms with Crippen molar-refractivity contribution in [2.24, 2.45) is 5.41 Å². The fourth-order valence-corrected chi connectivity index (χ4v) is 2.94. The minimum absolute atomic E-state index is 0.0282. The van der Waals surface area contributed by atoms with Crippen molar-refractivity contribution in [2.45, 2.75) is 45.2 Å². The molecule has 1 aliphatic rings. The lowest BCUT2D eigenvalue weighted by molar-refractivity contribution is 0.120. The van der Waals surface area contributed by atoms with Crippen molar-refractivity contribution in [3.05, 3.63) is 29.8 Å². The van der Waals surface area contributed by atoms with Gasteiger partial charge < -0.3 is 20.5 Å². The number of aliphatic hydroxyl groups is 1. The number of hydrogen-bond donors (Lipinski definition) is 3. The molecule has 3 unspecified atom stereocenters. The Morgan fingerprint density at radius 1 is 1.50 bits per heavy atom. The van der Waals surface area contributed by atoms with Crippen LogP contribution < -0.4 is 15.4 Å². The molecule has 5 nitrogen and oxygen atoms in total. The number of hydrogen-bond acceptors (Lipinski definition) is 3. The summed E-state index contributed by atoms with van der Waals surface area (Å²) in [5.74, 6) is -1.51. The van der Waals surface area contributed by atoms with E-state index < -0.39 is 11.6 Å². The SMILES string of the molecule is CC(COc1ccc(F)cc1F)NC(=O)NC1CCCC1(C)CO. The van der Waals surface area contributed by atoms with Crippen LogP contribution in [0.15, 0.2) is 18.2 Å². The predicted molar refractivity (Wildman–Crippen MR) is 85.8 cm³/mol. The molecular weight excluding hydrogens is 318 g/mol. The molecule has 0 saturated heterocycles. The number of benzene rings is 1. The first kappa shape index (κ1) is 18.4. The van der Waals surface area contributed by atoms with E-state index in [-0.39, 0.29) is 42.5 Å². The van der Waals surface area contributed by atoms with Gasteiger partial charge in [0.2, 0.25) is 0 Å². The minimum Gasteiger partial charge on any atom is -0.488 e. The highest BCUT2D eigenvalue weighted by atomic mass is 19.1. The smallest absolute Gasteiger partial charge is 0.315 e. The Bertz CT molecular complexity index is 585. The second kappa shape index (κ2) is 7.79. The zero-order valence-corrected chi connectivity index (χ0v) is 13.9. The molecule has 0 spiro atoms. The quantitative estimate of drug-likeness (QED) is 0.744. The summed E-state index contributed by atoms with van der Waals surface area (Å²) in [6.07, 6.45) is 2.66. The maximum atomic E-state index is 13.5. The van der Waals surface area contributed by atoms with Crippen LogP contribution in [0.2, 0.25) is 0 Å². The summed E-state index contributed by atoms with van der Waals surface area (Å²) in [4.78, 5) is 12.1. The van der Waals surface area contributed by atoms with Gasteiger partial charge in [0.15, 0.2) is 11.6 Å². The first-order valence-electron chi connectivity index (χ1n) is 8.10. The van der Waals surface area contributed by atoms with E-state index in [1.165, 1.54) is 6.07 Å². The summed E-state index contributed by atoms with van der Waals surface area (Å²) >= 11 is 0. The number of carbonyl (C=O) groups is 1. The van der Waals surface area contributed by atoms with Gasteiger partial charge in [0, 0.05) is 17.5 Å². The maximum absolute atomic E-state index is 13.5. The van der Waals surface area contributed by atoms with Crippen LogP contribution in [0.5, 0.6) is 5.75 Å². The van der Waals surface area contributed by atoms with E-state index in [0.717, 1.165) is 31.4 Å². The molecule has 3 N–H and O–H groups in total. The second-order valence-corrected chi connectivity index (χ2v) is 6.66. The van der Waals surface area contributed by atoms with Gasteiger partial charge in [-0.15, -0.1) is 0 Å². The number of aliphatic hydroxyl groups excluding tert-OH is 1. The van der Waals surface area contributed by atoms with Crippen molar-refractivity contribution >= 4 is 6.03 Å². The zero-order chi connectivity index (χ0) is 17.7. The van der Waals surface area contributed by atoms with E-state index in [0.29, 0.717) is 0 Å². The summed E-state index contributed by atoms with van der Waals surface area (Å²) < 4.78 is 31.6. The number of ether oxygens (including phenoxy) is 1. The molecule has 1 aliphatic carbocycles. The van der Waals surface area contributed by atoms with E-state index in [2.05, 4.69) is 10.6 Å². The topological polar surface area (TPSA) is 70.6 Å². The Labute approximate surface area is 140 Å². The monoisotopic (exact) mass is 342 g/mol. The zero-order valence-electron chi connectivity index (χ0n) is 13.9. The normalized spacial score (nSPS) is 24.5. The molecule has 0 heterocycles. The summed E-state index contributed by atoms with van der Waals surface area (Å²) in [6.45, 7) is 3.76. The van der Waals surface area contributed by atoms with Crippen molar-refractivity contribution in [3.63, 3.8) is 0 Å². The van der Waals surface area contributed by atoms with Crippen molar-refractivity contribution in [1.82, 2.24) is 10.6 Å². The van der Waals surface area contributed by atoms with Gasteiger partial charge >= 0.3 is 6.03 Å². The molecule has 24 heavy (non-hydrogen) atoms. The molecule has 0 radical (unpaired) electrons. The summed E-state index contributed by atoms with van der Waals surface area (Å²) in [7, 11) is 0. The fourth-order valence-electron chi connectivity index (χ4n) is 2.94. The number of amides is 2. The first-order chi connectivity index (χ1) is 11.3. The maximum Gasteiger partial charge on any atom is 0.315 e. The highest BCUT2D eigenvalue weighted by molar-refractivity contribution is 5.74. The number of urea groups is 1. The first-order valence-corrected chi connectivity index (χ1v) is 8.10. The third-order valence-electron chi connectivity index (χ3n) is 4.51. The lowest BCUT2D eigenvalue weighted by Crippen LogP contribution is -2.51. The van der Waals surface area contributed by atoms with Crippen LogP contribution >= 0.6 is 0 Å². The molecule has 134 valence electrons. The minimum atomic E-state index is -0.781. The largest absolute Gasteiger partial charge is 0.488 e. The summed E-state index contributed by atoms with van der Waals surface area (Å²) in [6, 6.07) is 2.27. The molecule has 0 aliphatic heterocycles. The number of halogens is 2. The molecule has 0 aromatic heterocycles. The molecule has 1 saturated carbocycles. The van der Waals surface area contributed by atoms with Crippen LogP contribution in [-0.2, 0) is 0 Å². The fraction of sp³-hybridized carbons (Fsp3) is 0.588. The molecule has 3 atom stereocenters. The predicted octanol–water partition coefficient (Wildman–Crippen LogP) is 2.58. The standard InChI is InChI=1S/C17H24F2N2O3/c1-11(9-24-14-6-5-12(18)8-13(14)19)20-16(23)21-15-4-3-7-17(15,2)10-22/h5-6,8,11,15,22H,3-4,7,9-10H2,1-2H3,(H2,20,21,23). The Balaban J connectivity index is 1.79. The Morgan fingerprint density at radius 3 is 2.92 bits per heavy atom. The Morgan fingerprint density at radius 2 is 2.25 bits per heavy atom. The van der Waals surface area contributed by atoms with Gasteiger partial charge in [-0.2, -0.15) is 0 Å². The van der Waals surface area contributed by atoms with Crippen LogP contribution in [0.25, 0.3) is 0 Å². The van der Waals surface area contributed by atoms with Crippen molar-refractivity contribution in [1.29, 1.82) is 0 Å². The third kappa shape index (κ3) is 4.56. The van der Waals surface area contributed by atoms with Gasteiger partial charge in [-0.25, -0.2) is 13.6 Å². The van der Waals surface area contributed by atoms with Crippen LogP contribution in [0, 0.1) is 17.0 Å². The summed E-state index contributed by atoms with van der Waals surface area (Å²) in [5, 5.41) is 15.1. The van der Waals surface area contributed by atoms with Crippen LogP contribution in [0.1, 0.15) is 33.1 Å². The molecule has 2 rings (SSSR count). The van der Waals surface area contributed by atoms with E-state index in [4.69, 9.17) is 4.74 Å². The number of carbonyl (C=O) groups excluding carboxylic acids is 1. The highest BCUT2D eigenvalue weighted by Gasteiger charge is 2.39. The van der Waals surface area contributed by atoms with Crippen LogP contribution in [0.3, 0.4) is 0 Å².